The second-order valence-electron chi connectivity index (χ2n) is 15.9. The number of hydrogen-bond acceptors (Lipinski definition) is 2. The molecule has 0 saturated carbocycles. The van der Waals surface area contributed by atoms with E-state index in [-0.39, 0.29) is 5.41 Å². The molecule has 0 bridgehead atoms. The second kappa shape index (κ2) is 15.2. The highest BCUT2D eigenvalue weighted by Crippen LogP contribution is 2.51. The van der Waals surface area contributed by atoms with Gasteiger partial charge >= 0.3 is 0 Å². The van der Waals surface area contributed by atoms with Crippen LogP contribution in [-0.4, -0.2) is 0 Å². The Morgan fingerprint density at radius 2 is 0.780 bits per heavy atom. The van der Waals surface area contributed by atoms with Gasteiger partial charge in [-0.15, -0.1) is 0 Å². The molecule has 0 saturated heterocycles. The van der Waals surface area contributed by atoms with E-state index in [4.69, 9.17) is 4.42 Å². The quantitative estimate of drug-likeness (QED) is 0.136. The van der Waals surface area contributed by atoms with Crippen LogP contribution < -0.4 is 4.90 Å². The van der Waals surface area contributed by atoms with Crippen molar-refractivity contribution in [1.29, 1.82) is 0 Å². The molecule has 0 spiro atoms. The minimum atomic E-state index is -0.171. The maximum atomic E-state index is 6.06. The maximum absolute atomic E-state index is 6.06. The smallest absolute Gasteiger partial charge is 0.135 e. The first-order chi connectivity index (χ1) is 29.0. The van der Waals surface area contributed by atoms with Gasteiger partial charge in [0.15, 0.2) is 0 Å². The molecule has 9 aromatic rings. The number of nitrogens with zero attached hydrogens (tertiary/aromatic N) is 1. The molecule has 0 radical (unpaired) electrons. The van der Waals surface area contributed by atoms with E-state index in [9.17, 15) is 0 Å². The van der Waals surface area contributed by atoms with Gasteiger partial charge < -0.3 is 9.32 Å². The summed E-state index contributed by atoms with van der Waals surface area (Å²) in [4.78, 5) is 2.38. The van der Waals surface area contributed by atoms with Crippen LogP contribution in [0.15, 0.2) is 192 Å². The summed E-state index contributed by atoms with van der Waals surface area (Å²) in [5.74, 6) is 0. The highest BCUT2D eigenvalue weighted by Gasteiger charge is 2.36. The highest BCUT2D eigenvalue weighted by molar-refractivity contribution is 6.05. The molecule has 10 rings (SSSR count). The largest absolute Gasteiger partial charge is 0.456 e. The number of benzene rings is 8. The van der Waals surface area contributed by atoms with Gasteiger partial charge in [-0.2, -0.15) is 0 Å². The first kappa shape index (κ1) is 36.0. The molecule has 1 aliphatic rings. The van der Waals surface area contributed by atoms with Gasteiger partial charge in [-0.25, -0.2) is 0 Å². The molecule has 1 heterocycles. The third-order valence-corrected chi connectivity index (χ3v) is 11.6. The molecule has 0 aliphatic heterocycles. The van der Waals surface area contributed by atoms with Crippen LogP contribution in [0.25, 0.3) is 69.5 Å². The number of hydrogen-bond donors (Lipinski definition) is 0. The van der Waals surface area contributed by atoms with E-state index in [2.05, 4.69) is 225 Å². The molecule has 8 aromatic carbocycles. The number of furan rings is 1. The zero-order chi connectivity index (χ0) is 39.8. The Labute approximate surface area is 346 Å². The van der Waals surface area contributed by atoms with Gasteiger partial charge in [0.05, 0.1) is 0 Å². The highest BCUT2D eigenvalue weighted by atomic mass is 16.3. The molecule has 0 atom stereocenters. The summed E-state index contributed by atoms with van der Waals surface area (Å²) in [5.41, 5.74) is 17.3. The Morgan fingerprint density at radius 1 is 0.356 bits per heavy atom. The van der Waals surface area contributed by atoms with E-state index in [1.165, 1.54) is 38.9 Å². The Balaban J connectivity index is 0.979. The molecule has 0 unspecified atom stereocenters. The lowest BCUT2D eigenvalue weighted by molar-refractivity contribution is 0.660. The van der Waals surface area contributed by atoms with Gasteiger partial charge in [-0.3, -0.25) is 0 Å². The number of anilines is 3. The van der Waals surface area contributed by atoms with Crippen molar-refractivity contribution in [1.82, 2.24) is 0 Å². The van der Waals surface area contributed by atoms with Crippen LogP contribution in [0.4, 0.5) is 17.1 Å². The lowest BCUT2D eigenvalue weighted by atomic mass is 9.81. The third-order valence-electron chi connectivity index (χ3n) is 11.6. The number of para-hydroxylation sites is 1. The Morgan fingerprint density at radius 3 is 1.39 bits per heavy atom. The summed E-state index contributed by atoms with van der Waals surface area (Å²) in [7, 11) is 0. The van der Waals surface area contributed by atoms with E-state index in [1.54, 1.807) is 0 Å². The van der Waals surface area contributed by atoms with E-state index >= 15 is 0 Å². The maximum Gasteiger partial charge on any atom is 0.135 e. The molecule has 59 heavy (non-hydrogen) atoms. The first-order valence-corrected chi connectivity index (χ1v) is 20.3. The molecule has 1 aliphatic carbocycles. The first-order valence-electron chi connectivity index (χ1n) is 20.3. The van der Waals surface area contributed by atoms with Gasteiger partial charge in [-0.1, -0.05) is 184 Å². The van der Waals surface area contributed by atoms with Crippen LogP contribution in [-0.2, 0) is 5.41 Å². The fourth-order valence-corrected chi connectivity index (χ4v) is 8.46. The Bertz CT molecular complexity index is 3040. The van der Waals surface area contributed by atoms with E-state index < -0.39 is 0 Å². The fraction of sp³-hybridized carbons (Fsp3) is 0.0526. The average molecular weight is 758 g/mol. The van der Waals surface area contributed by atoms with Crippen LogP contribution in [0, 0.1) is 0 Å². The molecule has 282 valence electrons. The predicted molar refractivity (Wildman–Crippen MR) is 252 cm³/mol. The molecule has 1 aromatic heterocycles. The van der Waals surface area contributed by atoms with Crippen LogP contribution in [0.2, 0.25) is 0 Å². The van der Waals surface area contributed by atoms with Crippen molar-refractivity contribution in [3.8, 4) is 11.1 Å². The zero-order valence-electron chi connectivity index (χ0n) is 33.2. The molecular weight excluding hydrogens is 715 g/mol. The van der Waals surface area contributed by atoms with Crippen LogP contribution >= 0.6 is 0 Å². The van der Waals surface area contributed by atoms with Crippen molar-refractivity contribution in [2.75, 3.05) is 4.90 Å². The minimum absolute atomic E-state index is 0.171. The van der Waals surface area contributed by atoms with Crippen LogP contribution in [0.3, 0.4) is 0 Å². The predicted octanol–water partition coefficient (Wildman–Crippen LogP) is 15.9. The van der Waals surface area contributed by atoms with Crippen molar-refractivity contribution in [3.05, 3.63) is 233 Å². The summed E-state index contributed by atoms with van der Waals surface area (Å²) in [6.45, 7) is 4.72. The van der Waals surface area contributed by atoms with Crippen molar-refractivity contribution in [2.24, 2.45) is 0 Å². The zero-order valence-corrected chi connectivity index (χ0v) is 33.2. The molecule has 0 amide bonds. The van der Waals surface area contributed by atoms with Crippen molar-refractivity contribution in [2.45, 2.75) is 19.3 Å². The summed E-state index contributed by atoms with van der Waals surface area (Å²) >= 11 is 0. The fourth-order valence-electron chi connectivity index (χ4n) is 8.46. The SMILES string of the molecule is CC1(C)c2cc(/C=C/c3ccccc3)ccc2-c2ccc(N(c3ccc(/C=C/c4ccccc4)cc3)c3ccc(/C=C/c4ccc5oc6ccccc6c5c4)cc3)cc21. The van der Waals surface area contributed by atoms with Crippen molar-refractivity contribution >= 4 is 75.5 Å². The molecule has 2 nitrogen and oxygen atoms in total. The Hall–Kier alpha value is -7.42. The lowest BCUT2D eigenvalue weighted by Gasteiger charge is -2.28. The third kappa shape index (κ3) is 7.11. The monoisotopic (exact) mass is 757 g/mol. The topological polar surface area (TPSA) is 16.4 Å². The van der Waals surface area contributed by atoms with Gasteiger partial charge in [0.2, 0.25) is 0 Å². The van der Waals surface area contributed by atoms with E-state index in [0.29, 0.717) is 0 Å². The average Bonchev–Trinajstić information content (AvgIpc) is 3.76. The molecule has 2 heteroatoms. The van der Waals surface area contributed by atoms with Crippen LogP contribution in [0.5, 0.6) is 0 Å². The van der Waals surface area contributed by atoms with Gasteiger partial charge in [0.25, 0.3) is 0 Å². The second-order valence-corrected chi connectivity index (χ2v) is 15.9. The number of fused-ring (bicyclic) bond motifs is 6. The van der Waals surface area contributed by atoms with Crippen molar-refractivity contribution in [3.63, 3.8) is 0 Å². The van der Waals surface area contributed by atoms with Gasteiger partial charge in [0.1, 0.15) is 11.2 Å². The summed E-state index contributed by atoms with van der Waals surface area (Å²) in [6.07, 6.45) is 13.1. The van der Waals surface area contributed by atoms with Gasteiger partial charge in [-0.05, 0) is 110 Å². The van der Waals surface area contributed by atoms with E-state index in [0.717, 1.165) is 55.7 Å². The summed E-state index contributed by atoms with van der Waals surface area (Å²) < 4.78 is 6.06. The van der Waals surface area contributed by atoms with E-state index in [1.807, 2.05) is 18.2 Å². The lowest BCUT2D eigenvalue weighted by Crippen LogP contribution is -2.16. The summed E-state index contributed by atoms with van der Waals surface area (Å²) in [6, 6.07) is 67.2. The standard InChI is InChI=1S/C57H43NO/c1-57(2)53-38-45(22-19-41-13-7-4-8-14-41)27-34-49(53)50-35-33-48(39-54(50)57)58(46-29-23-42(24-30-46)18-17-40-11-5-3-6-12-40)47-31-25-43(26-32-47)20-21-44-28-36-56-52(37-44)51-15-9-10-16-55(51)59-56/h3-39H,1-2H3/b18-17+,21-20+,22-19+. The minimum Gasteiger partial charge on any atom is -0.456 e. The molecule has 0 N–H and O–H groups in total. The number of rotatable bonds is 9. The summed E-state index contributed by atoms with van der Waals surface area (Å²) in [5, 5.41) is 2.28. The molecular formula is C57H43NO. The van der Waals surface area contributed by atoms with Crippen molar-refractivity contribution < 1.29 is 4.42 Å². The van der Waals surface area contributed by atoms with Crippen LogP contribution in [0.1, 0.15) is 58.4 Å². The molecule has 0 fully saturated rings. The Kier molecular flexibility index (Phi) is 9.24. The van der Waals surface area contributed by atoms with Gasteiger partial charge in [0, 0.05) is 33.2 Å². The normalized spacial score (nSPS) is 13.2.